The maximum atomic E-state index is 13.6. The lowest BCUT2D eigenvalue weighted by Gasteiger charge is -2.10. The molecule has 9 heteroatoms. The molecule has 0 aliphatic rings. The Morgan fingerprint density at radius 3 is 2.76 bits per heavy atom. The van der Waals surface area contributed by atoms with Crippen molar-refractivity contribution in [3.05, 3.63) is 50.3 Å². The lowest BCUT2D eigenvalue weighted by molar-refractivity contribution is 0.0697. The molecule has 2 aromatic rings. The van der Waals surface area contributed by atoms with Gasteiger partial charge in [-0.15, -0.1) is 0 Å². The van der Waals surface area contributed by atoms with E-state index in [1.165, 1.54) is 17.5 Å². The molecule has 0 atom stereocenters. The highest BCUT2D eigenvalue weighted by molar-refractivity contribution is 7.07. The van der Waals surface area contributed by atoms with Gasteiger partial charge in [-0.1, -0.05) is 17.4 Å². The number of carbonyl (C=O) groups excluding carboxylic acids is 1. The van der Waals surface area contributed by atoms with Gasteiger partial charge in [-0.25, -0.2) is 14.0 Å². The molecule has 0 bridgehead atoms. The SMILES string of the molecule is O=C(NCc1csc(=O)[nH]1)Nc1c(F)cccc1C(=O)O. The molecule has 0 unspecified atom stereocenters. The Labute approximate surface area is 121 Å². The van der Waals surface area contributed by atoms with Gasteiger partial charge in [-0.2, -0.15) is 0 Å². The Hall–Kier alpha value is -2.68. The Bertz CT molecular complexity index is 740. The Kier molecular flexibility index (Phi) is 4.33. The second-order valence-electron chi connectivity index (χ2n) is 3.95. The van der Waals surface area contributed by atoms with Crippen LogP contribution in [-0.2, 0) is 6.54 Å². The number of aromatic amines is 1. The van der Waals surface area contributed by atoms with Crippen LogP contribution in [0.4, 0.5) is 14.9 Å². The summed E-state index contributed by atoms with van der Waals surface area (Å²) in [6.07, 6.45) is 0. The third kappa shape index (κ3) is 3.66. The van der Waals surface area contributed by atoms with E-state index in [1.54, 1.807) is 0 Å². The summed E-state index contributed by atoms with van der Waals surface area (Å²) in [7, 11) is 0. The standard InChI is InChI=1S/C12H10FN3O4S/c13-8-3-1-2-7(10(17)18)9(8)16-11(19)14-4-6-5-21-12(20)15-6/h1-3,5H,4H2,(H,15,20)(H,17,18)(H2,14,16,19). The number of aromatic carboxylic acids is 1. The van der Waals surface area contributed by atoms with Crippen molar-refractivity contribution >= 4 is 29.0 Å². The highest BCUT2D eigenvalue weighted by Gasteiger charge is 2.16. The van der Waals surface area contributed by atoms with E-state index in [1.807, 2.05) is 0 Å². The average molecular weight is 311 g/mol. The molecule has 2 amide bonds. The van der Waals surface area contributed by atoms with E-state index >= 15 is 0 Å². The summed E-state index contributed by atoms with van der Waals surface area (Å²) in [6, 6.07) is 2.67. The molecule has 1 aromatic heterocycles. The molecule has 0 radical (unpaired) electrons. The quantitative estimate of drug-likeness (QED) is 0.687. The molecule has 4 N–H and O–H groups in total. The van der Waals surface area contributed by atoms with Crippen LogP contribution in [0.2, 0.25) is 0 Å². The largest absolute Gasteiger partial charge is 0.478 e. The lowest BCUT2D eigenvalue weighted by atomic mass is 10.1. The zero-order chi connectivity index (χ0) is 15.4. The van der Waals surface area contributed by atoms with Gasteiger partial charge < -0.3 is 20.7 Å². The Morgan fingerprint density at radius 2 is 2.14 bits per heavy atom. The number of anilines is 1. The molecule has 0 aliphatic carbocycles. The van der Waals surface area contributed by atoms with E-state index in [2.05, 4.69) is 15.6 Å². The number of carboxylic acid groups (broad SMARTS) is 1. The van der Waals surface area contributed by atoms with Gasteiger partial charge in [0.2, 0.25) is 0 Å². The highest BCUT2D eigenvalue weighted by Crippen LogP contribution is 2.19. The van der Waals surface area contributed by atoms with Gasteiger partial charge in [0, 0.05) is 11.1 Å². The molecule has 2 rings (SSSR count). The van der Waals surface area contributed by atoms with E-state index < -0.39 is 23.5 Å². The fraction of sp³-hybridized carbons (Fsp3) is 0.0833. The molecule has 0 fully saturated rings. The van der Waals surface area contributed by atoms with Crippen LogP contribution < -0.4 is 15.5 Å². The number of carbonyl (C=O) groups is 2. The Morgan fingerprint density at radius 1 is 1.38 bits per heavy atom. The van der Waals surface area contributed by atoms with Crippen LogP contribution in [0.3, 0.4) is 0 Å². The van der Waals surface area contributed by atoms with Crippen molar-refractivity contribution in [2.24, 2.45) is 0 Å². The minimum absolute atomic E-state index is 0.0292. The van der Waals surface area contributed by atoms with Crippen molar-refractivity contribution in [1.29, 1.82) is 0 Å². The first-order valence-corrected chi connectivity index (χ1v) is 6.58. The molecule has 0 saturated heterocycles. The van der Waals surface area contributed by atoms with Crippen LogP contribution in [0.1, 0.15) is 16.1 Å². The van der Waals surface area contributed by atoms with Crippen LogP contribution in [0, 0.1) is 5.82 Å². The summed E-state index contributed by atoms with van der Waals surface area (Å²) in [4.78, 5) is 35.8. The number of aromatic nitrogens is 1. The van der Waals surface area contributed by atoms with Gasteiger partial charge in [-0.05, 0) is 12.1 Å². The van der Waals surface area contributed by atoms with Crippen molar-refractivity contribution in [2.75, 3.05) is 5.32 Å². The fourth-order valence-corrected chi connectivity index (χ4v) is 2.14. The predicted molar refractivity (Wildman–Crippen MR) is 74.2 cm³/mol. The van der Waals surface area contributed by atoms with Crippen molar-refractivity contribution in [2.45, 2.75) is 6.54 Å². The molecular formula is C12H10FN3O4S. The summed E-state index contributed by atoms with van der Waals surface area (Å²) in [5, 5.41) is 15.0. The zero-order valence-corrected chi connectivity index (χ0v) is 11.3. The number of benzene rings is 1. The minimum Gasteiger partial charge on any atom is -0.478 e. The molecule has 1 heterocycles. The zero-order valence-electron chi connectivity index (χ0n) is 10.5. The topological polar surface area (TPSA) is 111 Å². The molecule has 0 spiro atoms. The first kappa shape index (κ1) is 14.7. The van der Waals surface area contributed by atoms with Crippen molar-refractivity contribution < 1.29 is 19.1 Å². The van der Waals surface area contributed by atoms with Crippen LogP contribution in [0.5, 0.6) is 0 Å². The second-order valence-corrected chi connectivity index (χ2v) is 4.79. The maximum Gasteiger partial charge on any atom is 0.337 e. The van der Waals surface area contributed by atoms with Gasteiger partial charge >= 0.3 is 16.9 Å². The lowest BCUT2D eigenvalue weighted by Crippen LogP contribution is -2.29. The van der Waals surface area contributed by atoms with Crippen LogP contribution in [0.15, 0.2) is 28.4 Å². The van der Waals surface area contributed by atoms with Crippen LogP contribution in [0.25, 0.3) is 0 Å². The number of para-hydroxylation sites is 1. The number of amides is 2. The third-order valence-corrected chi connectivity index (χ3v) is 3.21. The molecule has 0 aliphatic heterocycles. The maximum absolute atomic E-state index is 13.6. The number of rotatable bonds is 4. The predicted octanol–water partition coefficient (Wildman–Crippen LogP) is 1.60. The Balaban J connectivity index is 2.06. The number of hydrogen-bond acceptors (Lipinski definition) is 4. The van der Waals surface area contributed by atoms with E-state index in [0.29, 0.717) is 5.69 Å². The molecule has 21 heavy (non-hydrogen) atoms. The molecule has 0 saturated carbocycles. The number of nitrogens with one attached hydrogen (secondary N) is 3. The number of urea groups is 1. The summed E-state index contributed by atoms with van der Waals surface area (Å²) >= 11 is 0.948. The molecule has 110 valence electrons. The first-order chi connectivity index (χ1) is 9.97. The van der Waals surface area contributed by atoms with E-state index in [-0.39, 0.29) is 17.0 Å². The molecule has 1 aromatic carbocycles. The van der Waals surface area contributed by atoms with Crippen molar-refractivity contribution in [3.8, 4) is 0 Å². The monoisotopic (exact) mass is 311 g/mol. The van der Waals surface area contributed by atoms with Crippen molar-refractivity contribution in [1.82, 2.24) is 10.3 Å². The number of H-pyrrole nitrogens is 1. The summed E-state index contributed by atoms with van der Waals surface area (Å²) in [5.41, 5.74) is -0.275. The summed E-state index contributed by atoms with van der Waals surface area (Å²) in [6.45, 7) is 0.0292. The smallest absolute Gasteiger partial charge is 0.337 e. The van der Waals surface area contributed by atoms with Gasteiger partial charge in [0.1, 0.15) is 5.82 Å². The van der Waals surface area contributed by atoms with Crippen LogP contribution >= 0.6 is 11.3 Å². The number of carboxylic acids is 1. The van der Waals surface area contributed by atoms with Gasteiger partial charge in [-0.3, -0.25) is 4.79 Å². The average Bonchev–Trinajstić information content (AvgIpc) is 2.84. The summed E-state index contributed by atoms with van der Waals surface area (Å²) < 4.78 is 13.6. The van der Waals surface area contributed by atoms with E-state index in [4.69, 9.17) is 5.11 Å². The first-order valence-electron chi connectivity index (χ1n) is 5.70. The molecule has 7 nitrogen and oxygen atoms in total. The minimum atomic E-state index is -1.35. The number of thiazole rings is 1. The fourth-order valence-electron chi connectivity index (χ4n) is 1.56. The third-order valence-electron chi connectivity index (χ3n) is 2.49. The number of hydrogen-bond donors (Lipinski definition) is 4. The summed E-state index contributed by atoms with van der Waals surface area (Å²) in [5.74, 6) is -2.21. The number of halogens is 1. The molecular weight excluding hydrogens is 301 g/mol. The van der Waals surface area contributed by atoms with Gasteiger partial charge in [0.05, 0.1) is 17.8 Å². The van der Waals surface area contributed by atoms with Crippen molar-refractivity contribution in [3.63, 3.8) is 0 Å². The van der Waals surface area contributed by atoms with E-state index in [0.717, 1.165) is 17.4 Å². The highest BCUT2D eigenvalue weighted by atomic mass is 32.1. The van der Waals surface area contributed by atoms with Crippen LogP contribution in [-0.4, -0.2) is 22.1 Å². The second kappa shape index (κ2) is 6.18. The van der Waals surface area contributed by atoms with Gasteiger partial charge in [0.15, 0.2) is 0 Å². The van der Waals surface area contributed by atoms with Gasteiger partial charge in [0.25, 0.3) is 0 Å². The van der Waals surface area contributed by atoms with E-state index in [9.17, 15) is 18.8 Å². The normalized spacial score (nSPS) is 10.1.